The van der Waals surface area contributed by atoms with Crippen LogP contribution in [0.4, 0.5) is 15.8 Å². The minimum atomic E-state index is -0.304. The molecule has 0 saturated carbocycles. The number of carbonyl (C=O) groups is 2. The molecule has 1 aliphatic rings. The molecule has 1 amide bonds. The number of rotatable bonds is 7. The zero-order valence-corrected chi connectivity index (χ0v) is 20.8. The van der Waals surface area contributed by atoms with Gasteiger partial charge in [0.1, 0.15) is 5.82 Å². The molecule has 3 aromatic carbocycles. The van der Waals surface area contributed by atoms with E-state index in [1.807, 2.05) is 6.92 Å². The molecule has 1 heterocycles. The molecule has 35 heavy (non-hydrogen) atoms. The van der Waals surface area contributed by atoms with Crippen molar-refractivity contribution in [2.75, 3.05) is 25.5 Å². The zero-order chi connectivity index (χ0) is 25.1. The number of nitrogens with zero attached hydrogens (tertiary/aromatic N) is 1. The van der Waals surface area contributed by atoms with E-state index in [2.05, 4.69) is 5.32 Å². The maximum atomic E-state index is 13.4. The van der Waals surface area contributed by atoms with Crippen LogP contribution in [0, 0.1) is 19.7 Å². The fraction of sp³-hybridized carbons (Fsp3) is 0.286. The molecule has 4 rings (SSSR count). The molecule has 7 heteroatoms. The number of halogens is 2. The fourth-order valence-corrected chi connectivity index (χ4v) is 4.51. The molecule has 1 aliphatic heterocycles. The molecule has 0 aromatic heterocycles. The van der Waals surface area contributed by atoms with Crippen LogP contribution >= 0.6 is 11.6 Å². The first-order chi connectivity index (χ1) is 16.7. The second kappa shape index (κ2) is 10.6. The Kier molecular flexibility index (Phi) is 7.53. The standard InChI is InChI=1S/C28H28ClFN2O3/c1-17-6-7-19(28(34)32(3)16-22-5-4-12-35-22)14-24(17)27(33)23-10-9-21(15-25(23)29)31-26-11-8-20(30)13-18(26)2/h6-11,13-15,22,31H,4-5,12,16H2,1-3H3. The maximum Gasteiger partial charge on any atom is 0.253 e. The van der Waals surface area contributed by atoms with Crippen LogP contribution in [0.1, 0.15) is 50.2 Å². The molecule has 0 spiro atoms. The number of ether oxygens (including phenoxy) is 1. The van der Waals surface area contributed by atoms with Crippen LogP contribution in [0.3, 0.4) is 0 Å². The normalized spacial score (nSPS) is 15.2. The van der Waals surface area contributed by atoms with E-state index in [0.29, 0.717) is 28.9 Å². The number of likely N-dealkylation sites (N-methyl/N-ethyl adjacent to an activating group) is 1. The number of benzene rings is 3. The van der Waals surface area contributed by atoms with Crippen molar-refractivity contribution in [1.29, 1.82) is 0 Å². The Morgan fingerprint density at radius 2 is 1.86 bits per heavy atom. The molecule has 3 aromatic rings. The first kappa shape index (κ1) is 24.9. The van der Waals surface area contributed by atoms with Gasteiger partial charge in [-0.25, -0.2) is 4.39 Å². The Hall–Kier alpha value is -3.22. The monoisotopic (exact) mass is 494 g/mol. The Labute approximate surface area is 209 Å². The maximum absolute atomic E-state index is 13.4. The highest BCUT2D eigenvalue weighted by atomic mass is 35.5. The van der Waals surface area contributed by atoms with Crippen LogP contribution in [0.2, 0.25) is 5.02 Å². The second-order valence-corrected chi connectivity index (χ2v) is 9.37. The summed E-state index contributed by atoms with van der Waals surface area (Å²) in [6.07, 6.45) is 2.01. The lowest BCUT2D eigenvalue weighted by Gasteiger charge is -2.21. The topological polar surface area (TPSA) is 58.6 Å². The Bertz CT molecular complexity index is 1270. The number of carbonyl (C=O) groups excluding carboxylic acids is 2. The van der Waals surface area contributed by atoms with Crippen molar-refractivity contribution in [2.45, 2.75) is 32.8 Å². The quantitative estimate of drug-likeness (QED) is 0.390. The SMILES string of the molecule is Cc1cc(F)ccc1Nc1ccc(C(=O)c2cc(C(=O)N(C)CC3CCCO3)ccc2C)c(Cl)c1. The van der Waals surface area contributed by atoms with Crippen molar-refractivity contribution >= 4 is 34.7 Å². The van der Waals surface area contributed by atoms with Gasteiger partial charge < -0.3 is 15.0 Å². The number of aryl methyl sites for hydroxylation is 2. The first-order valence-corrected chi connectivity index (χ1v) is 12.0. The summed E-state index contributed by atoms with van der Waals surface area (Å²) in [6.45, 7) is 4.89. The van der Waals surface area contributed by atoms with E-state index in [-0.39, 0.29) is 28.6 Å². The summed E-state index contributed by atoms with van der Waals surface area (Å²) >= 11 is 6.50. The summed E-state index contributed by atoms with van der Waals surface area (Å²) in [7, 11) is 1.75. The van der Waals surface area contributed by atoms with Crippen molar-refractivity contribution in [2.24, 2.45) is 0 Å². The smallest absolute Gasteiger partial charge is 0.253 e. The molecule has 0 aliphatic carbocycles. The molecule has 1 atom stereocenters. The number of hydrogen-bond acceptors (Lipinski definition) is 4. The van der Waals surface area contributed by atoms with Crippen LogP contribution in [-0.4, -0.2) is 42.9 Å². The predicted octanol–water partition coefficient (Wildman–Crippen LogP) is 6.32. The van der Waals surface area contributed by atoms with E-state index in [1.165, 1.54) is 12.1 Å². The van der Waals surface area contributed by atoms with E-state index >= 15 is 0 Å². The van der Waals surface area contributed by atoms with Gasteiger partial charge in [-0.2, -0.15) is 0 Å². The highest BCUT2D eigenvalue weighted by Gasteiger charge is 2.23. The molecule has 5 nitrogen and oxygen atoms in total. The van der Waals surface area contributed by atoms with E-state index in [4.69, 9.17) is 16.3 Å². The minimum Gasteiger partial charge on any atom is -0.376 e. The lowest BCUT2D eigenvalue weighted by Crippen LogP contribution is -2.34. The Morgan fingerprint density at radius 3 is 2.54 bits per heavy atom. The van der Waals surface area contributed by atoms with E-state index in [0.717, 1.165) is 36.3 Å². The molecule has 1 N–H and O–H groups in total. The molecular formula is C28H28ClFN2O3. The third-order valence-electron chi connectivity index (χ3n) is 6.26. The van der Waals surface area contributed by atoms with Gasteiger partial charge in [-0.05, 0) is 86.3 Å². The van der Waals surface area contributed by atoms with Crippen LogP contribution in [0.15, 0.2) is 54.6 Å². The predicted molar refractivity (Wildman–Crippen MR) is 136 cm³/mol. The molecule has 182 valence electrons. The highest BCUT2D eigenvalue weighted by molar-refractivity contribution is 6.35. The number of ketones is 1. The second-order valence-electron chi connectivity index (χ2n) is 8.96. The molecule has 1 unspecified atom stereocenters. The fourth-order valence-electron chi connectivity index (χ4n) is 4.24. The molecule has 1 saturated heterocycles. The zero-order valence-electron chi connectivity index (χ0n) is 20.0. The third-order valence-corrected chi connectivity index (χ3v) is 6.57. The molecular weight excluding hydrogens is 467 g/mol. The van der Waals surface area contributed by atoms with Crippen molar-refractivity contribution in [1.82, 2.24) is 4.90 Å². The molecule has 0 radical (unpaired) electrons. The van der Waals surface area contributed by atoms with Crippen LogP contribution in [-0.2, 0) is 4.74 Å². The minimum absolute atomic E-state index is 0.0557. The van der Waals surface area contributed by atoms with Gasteiger partial charge in [-0.1, -0.05) is 17.7 Å². The van der Waals surface area contributed by atoms with Gasteiger partial charge in [0, 0.05) is 48.3 Å². The van der Waals surface area contributed by atoms with E-state index in [9.17, 15) is 14.0 Å². The first-order valence-electron chi connectivity index (χ1n) is 11.6. The van der Waals surface area contributed by atoms with Crippen LogP contribution in [0.5, 0.6) is 0 Å². The van der Waals surface area contributed by atoms with Crippen LogP contribution < -0.4 is 5.32 Å². The van der Waals surface area contributed by atoms with Crippen molar-refractivity contribution < 1.29 is 18.7 Å². The number of hydrogen-bond donors (Lipinski definition) is 1. The van der Waals surface area contributed by atoms with Gasteiger partial charge in [-0.15, -0.1) is 0 Å². The number of nitrogens with one attached hydrogen (secondary N) is 1. The van der Waals surface area contributed by atoms with Gasteiger partial charge in [-0.3, -0.25) is 9.59 Å². The largest absolute Gasteiger partial charge is 0.376 e. The van der Waals surface area contributed by atoms with Gasteiger partial charge in [0.05, 0.1) is 11.1 Å². The average Bonchev–Trinajstić information content (AvgIpc) is 3.33. The average molecular weight is 495 g/mol. The summed E-state index contributed by atoms with van der Waals surface area (Å²) in [6, 6.07) is 14.7. The van der Waals surface area contributed by atoms with E-state index < -0.39 is 0 Å². The van der Waals surface area contributed by atoms with Gasteiger partial charge in [0.15, 0.2) is 5.78 Å². The van der Waals surface area contributed by atoms with Gasteiger partial charge >= 0.3 is 0 Å². The van der Waals surface area contributed by atoms with Crippen molar-refractivity contribution in [3.63, 3.8) is 0 Å². The third kappa shape index (κ3) is 5.72. The summed E-state index contributed by atoms with van der Waals surface area (Å²) in [5.74, 6) is -0.718. The number of anilines is 2. The highest BCUT2D eigenvalue weighted by Crippen LogP contribution is 2.28. The van der Waals surface area contributed by atoms with E-state index in [1.54, 1.807) is 61.3 Å². The summed E-state index contributed by atoms with van der Waals surface area (Å²) in [4.78, 5) is 28.0. The summed E-state index contributed by atoms with van der Waals surface area (Å²) in [5, 5.41) is 3.48. The van der Waals surface area contributed by atoms with Crippen LogP contribution in [0.25, 0.3) is 0 Å². The van der Waals surface area contributed by atoms with Crippen molar-refractivity contribution in [3.05, 3.63) is 93.3 Å². The van der Waals surface area contributed by atoms with Gasteiger partial charge in [0.25, 0.3) is 5.91 Å². The van der Waals surface area contributed by atoms with Crippen molar-refractivity contribution in [3.8, 4) is 0 Å². The summed E-state index contributed by atoms with van der Waals surface area (Å²) in [5.41, 5.74) is 4.15. The Morgan fingerprint density at radius 1 is 1.06 bits per heavy atom. The lowest BCUT2D eigenvalue weighted by molar-refractivity contribution is 0.0587. The number of amides is 1. The van der Waals surface area contributed by atoms with Gasteiger partial charge in [0.2, 0.25) is 0 Å². The molecule has 0 bridgehead atoms. The Balaban J connectivity index is 1.53. The molecule has 1 fully saturated rings. The summed E-state index contributed by atoms with van der Waals surface area (Å²) < 4.78 is 19.0. The lowest BCUT2D eigenvalue weighted by atomic mass is 9.96.